The third-order valence-electron chi connectivity index (χ3n) is 4.60. The highest BCUT2D eigenvalue weighted by Gasteiger charge is 2.11. The third kappa shape index (κ3) is 5.00. The van der Waals surface area contributed by atoms with Crippen molar-refractivity contribution in [2.75, 3.05) is 6.54 Å². The minimum Gasteiger partial charge on any atom is -0.486 e. The first kappa shape index (κ1) is 19.7. The Kier molecular flexibility index (Phi) is 6.13. The largest absolute Gasteiger partial charge is 0.486 e. The van der Waals surface area contributed by atoms with E-state index in [-0.39, 0.29) is 11.8 Å². The van der Waals surface area contributed by atoms with E-state index < -0.39 is 0 Å². The summed E-state index contributed by atoms with van der Waals surface area (Å²) in [6.07, 6.45) is 3.62. The number of benzene rings is 1. The number of hydrogen-bond acceptors (Lipinski definition) is 4. The lowest BCUT2D eigenvalue weighted by Gasteiger charge is -2.14. The van der Waals surface area contributed by atoms with E-state index in [1.54, 1.807) is 30.5 Å². The van der Waals surface area contributed by atoms with Crippen LogP contribution in [-0.2, 0) is 20.2 Å². The molecule has 28 heavy (non-hydrogen) atoms. The Morgan fingerprint density at radius 3 is 2.61 bits per heavy atom. The Hall–Kier alpha value is -3.09. The van der Waals surface area contributed by atoms with Gasteiger partial charge in [-0.1, -0.05) is 6.92 Å². The van der Waals surface area contributed by atoms with Crippen LogP contribution in [0.2, 0.25) is 0 Å². The van der Waals surface area contributed by atoms with Crippen molar-refractivity contribution in [2.45, 2.75) is 33.9 Å². The monoisotopic (exact) mass is 381 g/mol. The number of amides is 1. The molecule has 0 fully saturated rings. The Morgan fingerprint density at radius 2 is 2.00 bits per heavy atom. The van der Waals surface area contributed by atoms with Gasteiger partial charge in [0.15, 0.2) is 0 Å². The third-order valence-corrected chi connectivity index (χ3v) is 4.60. The summed E-state index contributed by atoms with van der Waals surface area (Å²) >= 11 is 0. The van der Waals surface area contributed by atoms with E-state index in [4.69, 9.17) is 4.74 Å². The van der Waals surface area contributed by atoms with Crippen LogP contribution in [0.15, 0.2) is 42.7 Å². The Labute approximate surface area is 165 Å². The molecule has 2 aromatic heterocycles. The minimum absolute atomic E-state index is 0.0872. The number of aromatic nitrogens is 4. The molecule has 1 aromatic carbocycles. The van der Waals surface area contributed by atoms with Crippen molar-refractivity contribution in [1.29, 1.82) is 0 Å². The molecule has 0 aliphatic carbocycles. The van der Waals surface area contributed by atoms with Gasteiger partial charge in [0.25, 0.3) is 5.91 Å². The van der Waals surface area contributed by atoms with Crippen molar-refractivity contribution >= 4 is 5.91 Å². The molecule has 0 unspecified atom stereocenters. The lowest BCUT2D eigenvalue weighted by Crippen LogP contribution is -2.30. The topological polar surface area (TPSA) is 74.0 Å². The molecule has 1 amide bonds. The quantitative estimate of drug-likeness (QED) is 0.651. The van der Waals surface area contributed by atoms with Crippen molar-refractivity contribution in [2.24, 2.45) is 13.0 Å². The molecule has 0 radical (unpaired) electrons. The lowest BCUT2D eigenvalue weighted by molar-refractivity contribution is 0.0946. The van der Waals surface area contributed by atoms with Crippen LogP contribution in [0.4, 0.5) is 0 Å². The Balaban J connectivity index is 1.47. The fourth-order valence-corrected chi connectivity index (χ4v) is 2.97. The summed E-state index contributed by atoms with van der Waals surface area (Å²) in [5.74, 6) is 1.74. The average Bonchev–Trinajstić information content (AvgIpc) is 3.22. The molecule has 0 aliphatic rings. The maximum atomic E-state index is 12.4. The molecule has 0 bridgehead atoms. The predicted molar refractivity (Wildman–Crippen MR) is 107 cm³/mol. The van der Waals surface area contributed by atoms with Crippen LogP contribution in [0.1, 0.15) is 34.5 Å². The van der Waals surface area contributed by atoms with E-state index >= 15 is 0 Å². The van der Waals surface area contributed by atoms with Gasteiger partial charge in [0.2, 0.25) is 0 Å². The van der Waals surface area contributed by atoms with Crippen LogP contribution in [0.5, 0.6) is 5.75 Å². The zero-order valence-electron chi connectivity index (χ0n) is 16.8. The number of carbonyl (C=O) groups excluding carboxylic acids is 1. The molecule has 0 saturated heterocycles. The lowest BCUT2D eigenvalue weighted by atomic mass is 10.1. The van der Waals surface area contributed by atoms with Gasteiger partial charge in [-0.3, -0.25) is 9.48 Å². The van der Waals surface area contributed by atoms with Gasteiger partial charge in [0.05, 0.1) is 5.69 Å². The van der Waals surface area contributed by atoms with Gasteiger partial charge in [-0.15, -0.1) is 0 Å². The minimum atomic E-state index is -0.0872. The molecule has 148 valence electrons. The number of nitrogens with zero attached hydrogens (tertiary/aromatic N) is 4. The smallest absolute Gasteiger partial charge is 0.251 e. The summed E-state index contributed by atoms with van der Waals surface area (Å²) in [5, 5.41) is 7.46. The number of imidazole rings is 1. The SMILES string of the molecule is Cc1cc(C)n(C[C@H](C)CNC(=O)c2ccc(OCc3nccn3C)cc2)n1. The van der Waals surface area contributed by atoms with Gasteiger partial charge in [-0.25, -0.2) is 4.98 Å². The highest BCUT2D eigenvalue weighted by atomic mass is 16.5. The molecular weight excluding hydrogens is 354 g/mol. The van der Waals surface area contributed by atoms with Crippen molar-refractivity contribution in [3.05, 3.63) is 65.5 Å². The molecule has 0 aliphatic heterocycles. The summed E-state index contributed by atoms with van der Waals surface area (Å²) < 4.78 is 9.62. The first-order valence-electron chi connectivity index (χ1n) is 9.40. The number of aryl methyl sites for hydroxylation is 3. The molecule has 1 atom stereocenters. The number of rotatable bonds is 8. The molecule has 3 aromatic rings. The van der Waals surface area contributed by atoms with Crippen molar-refractivity contribution < 1.29 is 9.53 Å². The van der Waals surface area contributed by atoms with Crippen molar-refractivity contribution in [1.82, 2.24) is 24.6 Å². The second kappa shape index (κ2) is 8.73. The van der Waals surface area contributed by atoms with E-state index in [1.165, 1.54) is 0 Å². The molecule has 7 nitrogen and oxygen atoms in total. The van der Waals surface area contributed by atoms with Crippen LogP contribution in [0, 0.1) is 19.8 Å². The molecule has 0 spiro atoms. The van der Waals surface area contributed by atoms with E-state index in [1.807, 2.05) is 36.3 Å². The summed E-state index contributed by atoms with van der Waals surface area (Å²) in [6.45, 7) is 7.89. The number of nitrogens with one attached hydrogen (secondary N) is 1. The zero-order chi connectivity index (χ0) is 20.1. The zero-order valence-corrected chi connectivity index (χ0v) is 16.8. The highest BCUT2D eigenvalue weighted by Crippen LogP contribution is 2.14. The molecule has 1 N–H and O–H groups in total. The summed E-state index contributed by atoms with van der Waals surface area (Å²) in [7, 11) is 1.93. The highest BCUT2D eigenvalue weighted by molar-refractivity contribution is 5.94. The summed E-state index contributed by atoms with van der Waals surface area (Å²) in [5.41, 5.74) is 2.76. The van der Waals surface area contributed by atoms with Crippen LogP contribution in [0.3, 0.4) is 0 Å². The van der Waals surface area contributed by atoms with Gasteiger partial charge in [-0.05, 0) is 50.1 Å². The molecule has 7 heteroatoms. The normalized spacial score (nSPS) is 12.0. The van der Waals surface area contributed by atoms with Crippen LogP contribution in [0.25, 0.3) is 0 Å². The number of ether oxygens (including phenoxy) is 1. The Morgan fingerprint density at radius 1 is 1.25 bits per heavy atom. The van der Waals surface area contributed by atoms with E-state index in [0.29, 0.717) is 24.5 Å². The van der Waals surface area contributed by atoms with Crippen molar-refractivity contribution in [3.8, 4) is 5.75 Å². The Bertz CT molecular complexity index is 927. The van der Waals surface area contributed by atoms with Gasteiger partial charge in [-0.2, -0.15) is 5.10 Å². The molecule has 2 heterocycles. The van der Waals surface area contributed by atoms with Gasteiger partial charge in [0.1, 0.15) is 18.2 Å². The maximum Gasteiger partial charge on any atom is 0.251 e. The average molecular weight is 381 g/mol. The fraction of sp³-hybridized carbons (Fsp3) is 0.381. The molecule has 3 rings (SSSR count). The first-order valence-corrected chi connectivity index (χ1v) is 9.40. The fourth-order valence-electron chi connectivity index (χ4n) is 2.97. The maximum absolute atomic E-state index is 12.4. The van der Waals surface area contributed by atoms with Crippen LogP contribution in [-0.4, -0.2) is 31.8 Å². The van der Waals surface area contributed by atoms with E-state index in [0.717, 1.165) is 23.8 Å². The first-order chi connectivity index (χ1) is 13.4. The van der Waals surface area contributed by atoms with Crippen molar-refractivity contribution in [3.63, 3.8) is 0 Å². The van der Waals surface area contributed by atoms with Gasteiger partial charge in [0, 0.05) is 43.8 Å². The second-order valence-electron chi connectivity index (χ2n) is 7.19. The summed E-state index contributed by atoms with van der Waals surface area (Å²) in [6, 6.07) is 9.21. The predicted octanol–water partition coefficient (Wildman–Crippen LogP) is 2.88. The summed E-state index contributed by atoms with van der Waals surface area (Å²) in [4.78, 5) is 16.6. The van der Waals surface area contributed by atoms with Gasteiger partial charge < -0.3 is 14.6 Å². The van der Waals surface area contributed by atoms with E-state index in [2.05, 4.69) is 28.4 Å². The van der Waals surface area contributed by atoms with E-state index in [9.17, 15) is 4.79 Å². The number of hydrogen-bond donors (Lipinski definition) is 1. The molecule has 0 saturated carbocycles. The van der Waals surface area contributed by atoms with Gasteiger partial charge >= 0.3 is 0 Å². The standard InChI is InChI=1S/C21H27N5O2/c1-15(13-26-17(3)11-16(2)24-26)12-23-21(27)18-5-7-19(8-6-18)28-14-20-22-9-10-25(20)4/h5-11,15H,12-14H2,1-4H3,(H,23,27)/t15-/m1/s1. The molecular formula is C21H27N5O2. The number of carbonyl (C=O) groups is 1. The van der Waals surface area contributed by atoms with Crippen LogP contribution >= 0.6 is 0 Å². The van der Waals surface area contributed by atoms with Crippen LogP contribution < -0.4 is 10.1 Å². The second-order valence-corrected chi connectivity index (χ2v) is 7.19.